The van der Waals surface area contributed by atoms with E-state index >= 15 is 0 Å². The Bertz CT molecular complexity index is 671. The van der Waals surface area contributed by atoms with Crippen molar-refractivity contribution in [1.29, 1.82) is 0 Å². The molecule has 2 heterocycles. The number of fused-ring (bicyclic) bond motifs is 2. The fourth-order valence-corrected chi connectivity index (χ4v) is 2.88. The lowest BCUT2D eigenvalue weighted by Gasteiger charge is -2.32. The summed E-state index contributed by atoms with van der Waals surface area (Å²) < 4.78 is 0. The minimum atomic E-state index is 0.168. The van der Waals surface area contributed by atoms with Crippen molar-refractivity contribution in [3.05, 3.63) is 53.9 Å². The summed E-state index contributed by atoms with van der Waals surface area (Å²) >= 11 is 0. The molecule has 0 radical (unpaired) electrons. The van der Waals surface area contributed by atoms with Crippen LogP contribution < -0.4 is 5.48 Å². The number of allylic oxidation sites excluding steroid dienone is 4. The lowest BCUT2D eigenvalue weighted by atomic mass is 9.89. The summed E-state index contributed by atoms with van der Waals surface area (Å²) in [6.07, 6.45) is 8.38. The molecule has 1 saturated heterocycles. The van der Waals surface area contributed by atoms with Crippen LogP contribution in [-0.2, 0) is 4.84 Å². The Morgan fingerprint density at radius 2 is 2.21 bits per heavy atom. The normalized spacial score (nSPS) is 25.8. The number of rotatable bonds is 1. The van der Waals surface area contributed by atoms with E-state index in [-0.39, 0.29) is 6.04 Å². The van der Waals surface area contributed by atoms with Crippen LogP contribution in [0.1, 0.15) is 24.6 Å². The molecular formula is C15H15N3O. The van der Waals surface area contributed by atoms with Gasteiger partial charge in [-0.05, 0) is 25.0 Å². The van der Waals surface area contributed by atoms with E-state index in [1.807, 2.05) is 24.3 Å². The van der Waals surface area contributed by atoms with Gasteiger partial charge >= 0.3 is 0 Å². The number of aromatic amines is 1. The molecule has 1 aliphatic carbocycles. The number of nitrogens with zero attached hydrogens (tertiary/aromatic N) is 1. The highest BCUT2D eigenvalue weighted by Crippen LogP contribution is 2.36. The molecule has 2 unspecified atom stereocenters. The van der Waals surface area contributed by atoms with E-state index in [4.69, 9.17) is 4.84 Å². The van der Waals surface area contributed by atoms with Gasteiger partial charge in [-0.2, -0.15) is 5.10 Å². The summed E-state index contributed by atoms with van der Waals surface area (Å²) in [5.41, 5.74) is 5.26. The second-order valence-electron chi connectivity index (χ2n) is 5.09. The maximum atomic E-state index is 5.68. The van der Waals surface area contributed by atoms with E-state index in [0.29, 0.717) is 5.92 Å². The van der Waals surface area contributed by atoms with Crippen molar-refractivity contribution in [2.45, 2.75) is 18.9 Å². The number of aromatic nitrogens is 2. The first-order valence-corrected chi connectivity index (χ1v) is 6.64. The average Bonchev–Trinajstić information content (AvgIpc) is 2.91. The van der Waals surface area contributed by atoms with E-state index in [9.17, 15) is 0 Å². The van der Waals surface area contributed by atoms with Gasteiger partial charge in [0.1, 0.15) is 5.76 Å². The second kappa shape index (κ2) is 4.24. The third-order valence-electron chi connectivity index (χ3n) is 3.90. The van der Waals surface area contributed by atoms with Crippen molar-refractivity contribution in [3.63, 3.8) is 0 Å². The molecule has 4 rings (SSSR count). The molecule has 2 aliphatic rings. The molecule has 2 aromatic rings. The maximum Gasteiger partial charge on any atom is 0.127 e. The Kier molecular flexibility index (Phi) is 2.42. The number of hydroxylamine groups is 1. The molecule has 1 aromatic carbocycles. The van der Waals surface area contributed by atoms with E-state index in [1.54, 1.807) is 0 Å². The fraction of sp³-hybridized carbons (Fsp3) is 0.267. The van der Waals surface area contributed by atoms with E-state index in [0.717, 1.165) is 29.8 Å². The zero-order chi connectivity index (χ0) is 12.7. The predicted molar refractivity (Wildman–Crippen MR) is 73.0 cm³/mol. The summed E-state index contributed by atoms with van der Waals surface area (Å²) in [7, 11) is 0. The van der Waals surface area contributed by atoms with Crippen LogP contribution in [-0.4, -0.2) is 10.2 Å². The highest BCUT2D eigenvalue weighted by Gasteiger charge is 2.30. The molecule has 96 valence electrons. The molecule has 1 fully saturated rings. The Hall–Kier alpha value is -2.07. The molecule has 0 amide bonds. The number of para-hydroxylation sites is 1. The smallest absolute Gasteiger partial charge is 0.127 e. The lowest BCUT2D eigenvalue weighted by Crippen LogP contribution is -2.32. The lowest BCUT2D eigenvalue weighted by molar-refractivity contribution is 0.00753. The fourth-order valence-electron chi connectivity index (χ4n) is 2.88. The third-order valence-corrected chi connectivity index (χ3v) is 3.90. The van der Waals surface area contributed by atoms with Crippen LogP contribution >= 0.6 is 0 Å². The molecule has 1 aromatic heterocycles. The molecular weight excluding hydrogens is 238 g/mol. The van der Waals surface area contributed by atoms with Crippen LogP contribution in [0.25, 0.3) is 10.9 Å². The SMILES string of the molecule is C1=CCC2CC(c3[nH]nc4ccccc34)NOC2=C1. The molecule has 1 aliphatic heterocycles. The van der Waals surface area contributed by atoms with Crippen molar-refractivity contribution < 1.29 is 4.84 Å². The number of benzene rings is 1. The number of H-pyrrole nitrogens is 1. The van der Waals surface area contributed by atoms with Gasteiger partial charge in [-0.15, -0.1) is 5.48 Å². The standard InChI is InChI=1S/C15H15N3O/c1-4-8-14-10(5-1)9-13(18-19-14)15-11-6-2-3-7-12(11)16-17-15/h1-4,6-8,10,13,18H,5,9H2,(H,16,17). The number of nitrogens with one attached hydrogen (secondary N) is 2. The summed E-state index contributed by atoms with van der Waals surface area (Å²) in [5, 5.41) is 8.67. The second-order valence-corrected chi connectivity index (χ2v) is 5.09. The van der Waals surface area contributed by atoms with Crippen LogP contribution in [0.4, 0.5) is 0 Å². The van der Waals surface area contributed by atoms with E-state index in [2.05, 4.69) is 33.9 Å². The Morgan fingerprint density at radius 1 is 1.26 bits per heavy atom. The van der Waals surface area contributed by atoms with Crippen molar-refractivity contribution in [2.24, 2.45) is 5.92 Å². The summed E-state index contributed by atoms with van der Waals surface area (Å²) in [5.74, 6) is 1.51. The van der Waals surface area contributed by atoms with Crippen LogP contribution in [0.15, 0.2) is 48.3 Å². The topological polar surface area (TPSA) is 49.9 Å². The predicted octanol–water partition coefficient (Wildman–Crippen LogP) is 2.99. The highest BCUT2D eigenvalue weighted by atomic mass is 16.7. The Labute approximate surface area is 111 Å². The molecule has 2 N–H and O–H groups in total. The molecule has 0 saturated carbocycles. The maximum absolute atomic E-state index is 5.68. The molecule has 2 atom stereocenters. The summed E-state index contributed by atoms with van der Waals surface area (Å²) in [4.78, 5) is 5.68. The van der Waals surface area contributed by atoms with Crippen LogP contribution in [0.5, 0.6) is 0 Å². The van der Waals surface area contributed by atoms with Gasteiger partial charge in [-0.1, -0.05) is 30.4 Å². The third kappa shape index (κ3) is 1.76. The van der Waals surface area contributed by atoms with Crippen LogP contribution in [0.3, 0.4) is 0 Å². The van der Waals surface area contributed by atoms with Crippen molar-refractivity contribution >= 4 is 10.9 Å². The Morgan fingerprint density at radius 3 is 3.21 bits per heavy atom. The van der Waals surface area contributed by atoms with Gasteiger partial charge in [0.25, 0.3) is 0 Å². The van der Waals surface area contributed by atoms with Crippen molar-refractivity contribution in [1.82, 2.24) is 15.7 Å². The molecule has 0 bridgehead atoms. The largest absolute Gasteiger partial charge is 0.412 e. The number of hydrogen-bond acceptors (Lipinski definition) is 3. The van der Waals surface area contributed by atoms with Gasteiger partial charge in [-0.3, -0.25) is 5.10 Å². The van der Waals surface area contributed by atoms with Gasteiger partial charge in [0, 0.05) is 11.3 Å². The monoisotopic (exact) mass is 253 g/mol. The van der Waals surface area contributed by atoms with E-state index < -0.39 is 0 Å². The quantitative estimate of drug-likeness (QED) is 0.821. The van der Waals surface area contributed by atoms with Crippen LogP contribution in [0, 0.1) is 5.92 Å². The van der Waals surface area contributed by atoms with Crippen molar-refractivity contribution in [3.8, 4) is 0 Å². The first-order valence-electron chi connectivity index (χ1n) is 6.64. The van der Waals surface area contributed by atoms with Gasteiger partial charge in [0.15, 0.2) is 0 Å². The first-order chi connectivity index (χ1) is 9.42. The number of hydrogen-bond donors (Lipinski definition) is 2. The van der Waals surface area contributed by atoms with E-state index in [1.165, 1.54) is 5.39 Å². The zero-order valence-electron chi connectivity index (χ0n) is 10.5. The average molecular weight is 253 g/mol. The van der Waals surface area contributed by atoms with Gasteiger partial charge in [0.05, 0.1) is 17.3 Å². The van der Waals surface area contributed by atoms with Gasteiger partial charge in [-0.25, -0.2) is 0 Å². The summed E-state index contributed by atoms with van der Waals surface area (Å²) in [6, 6.07) is 8.33. The minimum Gasteiger partial charge on any atom is -0.412 e. The van der Waals surface area contributed by atoms with Crippen LogP contribution in [0.2, 0.25) is 0 Å². The summed E-state index contributed by atoms with van der Waals surface area (Å²) in [6.45, 7) is 0. The zero-order valence-corrected chi connectivity index (χ0v) is 10.5. The first kappa shape index (κ1) is 10.8. The van der Waals surface area contributed by atoms with Gasteiger partial charge in [0.2, 0.25) is 0 Å². The minimum absolute atomic E-state index is 0.168. The molecule has 4 nitrogen and oxygen atoms in total. The molecule has 4 heteroatoms. The van der Waals surface area contributed by atoms with Crippen molar-refractivity contribution in [2.75, 3.05) is 0 Å². The molecule has 0 spiro atoms. The Balaban J connectivity index is 1.67. The van der Waals surface area contributed by atoms with Gasteiger partial charge < -0.3 is 4.84 Å². The highest BCUT2D eigenvalue weighted by molar-refractivity contribution is 5.81. The molecule has 19 heavy (non-hydrogen) atoms.